The SMILES string of the molecule is CCCCCCCC(=O)OC(CC(=O)O)(C(=O)O)C(CCCCCCCCCCCCCC(C)C)C(=O)O. The molecule has 0 aliphatic carbocycles. The van der Waals surface area contributed by atoms with Crippen molar-refractivity contribution in [1.29, 1.82) is 0 Å². The van der Waals surface area contributed by atoms with Crippen LogP contribution < -0.4 is 0 Å². The number of carbonyl (C=O) groups excluding carboxylic acids is 1. The molecule has 0 aliphatic heterocycles. The Bertz CT molecular complexity index is 675. The smallest absolute Gasteiger partial charge is 0.349 e. The molecule has 0 heterocycles. The lowest BCUT2D eigenvalue weighted by atomic mass is 9.80. The molecule has 38 heavy (non-hydrogen) atoms. The van der Waals surface area contributed by atoms with E-state index in [1.165, 1.54) is 44.9 Å². The number of ether oxygens (including phenoxy) is 1. The number of rotatable bonds is 26. The van der Waals surface area contributed by atoms with Gasteiger partial charge in [-0.2, -0.15) is 0 Å². The summed E-state index contributed by atoms with van der Waals surface area (Å²) in [6.45, 7) is 6.57. The molecule has 0 aromatic carbocycles. The highest BCUT2D eigenvalue weighted by molar-refractivity contribution is 5.92. The molecular weight excluding hydrogens is 488 g/mol. The Labute approximate surface area is 229 Å². The van der Waals surface area contributed by atoms with Gasteiger partial charge < -0.3 is 20.1 Å². The van der Waals surface area contributed by atoms with Gasteiger partial charge in [0.15, 0.2) is 0 Å². The van der Waals surface area contributed by atoms with Crippen molar-refractivity contribution < 1.29 is 39.2 Å². The van der Waals surface area contributed by atoms with Crippen LogP contribution in [-0.4, -0.2) is 44.8 Å². The topological polar surface area (TPSA) is 138 Å². The van der Waals surface area contributed by atoms with Gasteiger partial charge in [0.05, 0.1) is 6.42 Å². The summed E-state index contributed by atoms with van der Waals surface area (Å²) in [5.41, 5.74) is -2.62. The van der Waals surface area contributed by atoms with Crippen LogP contribution in [0, 0.1) is 11.8 Å². The molecule has 8 nitrogen and oxygen atoms in total. The fourth-order valence-corrected chi connectivity index (χ4v) is 4.90. The third-order valence-corrected chi connectivity index (χ3v) is 7.19. The molecule has 0 aromatic rings. The van der Waals surface area contributed by atoms with Crippen LogP contribution in [0.2, 0.25) is 0 Å². The van der Waals surface area contributed by atoms with Crippen LogP contribution in [0.1, 0.15) is 149 Å². The van der Waals surface area contributed by atoms with Gasteiger partial charge in [0, 0.05) is 6.42 Å². The second kappa shape index (κ2) is 21.8. The number of esters is 1. The van der Waals surface area contributed by atoms with Crippen LogP contribution in [0.3, 0.4) is 0 Å². The largest absolute Gasteiger partial charge is 0.481 e. The Morgan fingerprint density at radius 3 is 1.53 bits per heavy atom. The van der Waals surface area contributed by atoms with Crippen LogP contribution in [0.5, 0.6) is 0 Å². The summed E-state index contributed by atoms with van der Waals surface area (Å²) < 4.78 is 5.21. The van der Waals surface area contributed by atoms with Crippen molar-refractivity contribution >= 4 is 23.9 Å². The minimum Gasteiger partial charge on any atom is -0.481 e. The summed E-state index contributed by atoms with van der Waals surface area (Å²) >= 11 is 0. The number of hydrogen-bond donors (Lipinski definition) is 3. The van der Waals surface area contributed by atoms with Crippen molar-refractivity contribution in [2.45, 2.75) is 155 Å². The number of unbranched alkanes of at least 4 members (excludes halogenated alkanes) is 14. The highest BCUT2D eigenvalue weighted by Crippen LogP contribution is 2.33. The quantitative estimate of drug-likeness (QED) is 0.0749. The summed E-state index contributed by atoms with van der Waals surface area (Å²) in [7, 11) is 0. The predicted molar refractivity (Wildman–Crippen MR) is 148 cm³/mol. The first-order chi connectivity index (χ1) is 18.1. The Kier molecular flexibility index (Phi) is 20.6. The van der Waals surface area contributed by atoms with Crippen molar-refractivity contribution in [3.8, 4) is 0 Å². The number of aliphatic carboxylic acids is 3. The normalized spacial score (nSPS) is 13.7. The lowest BCUT2D eigenvalue weighted by Gasteiger charge is -2.33. The average molecular weight is 543 g/mol. The number of hydrogen-bond acceptors (Lipinski definition) is 5. The van der Waals surface area contributed by atoms with Crippen molar-refractivity contribution in [2.24, 2.45) is 11.8 Å². The lowest BCUT2D eigenvalue weighted by molar-refractivity contribution is -0.195. The maximum Gasteiger partial charge on any atom is 0.349 e. The first-order valence-electron chi connectivity index (χ1n) is 15.0. The summed E-state index contributed by atoms with van der Waals surface area (Å²) in [5.74, 6) is -6.42. The molecule has 2 atom stereocenters. The van der Waals surface area contributed by atoms with Gasteiger partial charge in [-0.15, -0.1) is 0 Å². The van der Waals surface area contributed by atoms with Gasteiger partial charge in [-0.25, -0.2) is 4.79 Å². The third kappa shape index (κ3) is 16.7. The summed E-state index contributed by atoms with van der Waals surface area (Å²) in [4.78, 5) is 48.2. The Hall–Kier alpha value is -2.12. The summed E-state index contributed by atoms with van der Waals surface area (Å²) in [6, 6.07) is 0. The number of carboxylic acid groups (broad SMARTS) is 3. The molecule has 3 N–H and O–H groups in total. The van der Waals surface area contributed by atoms with Crippen molar-refractivity contribution in [3.05, 3.63) is 0 Å². The molecule has 0 spiro atoms. The molecule has 0 aromatic heterocycles. The molecule has 0 saturated heterocycles. The van der Waals surface area contributed by atoms with Gasteiger partial charge in [0.1, 0.15) is 5.92 Å². The maximum absolute atomic E-state index is 12.4. The van der Waals surface area contributed by atoms with E-state index in [-0.39, 0.29) is 12.8 Å². The first kappa shape index (κ1) is 35.9. The van der Waals surface area contributed by atoms with Gasteiger partial charge in [0.2, 0.25) is 5.60 Å². The third-order valence-electron chi connectivity index (χ3n) is 7.19. The van der Waals surface area contributed by atoms with E-state index in [4.69, 9.17) is 4.74 Å². The van der Waals surface area contributed by atoms with E-state index in [1.54, 1.807) is 0 Å². The molecule has 0 aliphatic rings. The second-order valence-electron chi connectivity index (χ2n) is 11.2. The predicted octanol–water partition coefficient (Wildman–Crippen LogP) is 7.62. The Morgan fingerprint density at radius 1 is 0.658 bits per heavy atom. The fourth-order valence-electron chi connectivity index (χ4n) is 4.90. The molecule has 0 saturated carbocycles. The van der Waals surface area contributed by atoms with Gasteiger partial charge >= 0.3 is 23.9 Å². The molecule has 222 valence electrons. The molecule has 8 heteroatoms. The molecule has 0 fully saturated rings. The van der Waals surface area contributed by atoms with E-state index >= 15 is 0 Å². The zero-order valence-electron chi connectivity index (χ0n) is 24.2. The van der Waals surface area contributed by atoms with Crippen molar-refractivity contribution in [2.75, 3.05) is 0 Å². The lowest BCUT2D eigenvalue weighted by Crippen LogP contribution is -2.54. The van der Waals surface area contributed by atoms with Crippen molar-refractivity contribution in [1.82, 2.24) is 0 Å². The van der Waals surface area contributed by atoms with E-state index in [9.17, 15) is 34.5 Å². The molecule has 2 unspecified atom stereocenters. The minimum absolute atomic E-state index is 0.0604. The van der Waals surface area contributed by atoms with Crippen LogP contribution >= 0.6 is 0 Å². The molecule has 0 amide bonds. The number of carboxylic acids is 3. The standard InChI is InChI=1S/C30H54O8/c1-4-5-6-14-19-22-27(33)38-30(29(36)37,23-26(31)32)25(28(34)35)21-18-16-13-11-9-7-8-10-12-15-17-20-24(2)3/h24-25H,4-23H2,1-3H3,(H,31,32)(H,34,35)(H,36,37). The summed E-state index contributed by atoms with van der Waals surface area (Å²) in [5, 5.41) is 29.1. The van der Waals surface area contributed by atoms with Crippen LogP contribution in [0.4, 0.5) is 0 Å². The molecule has 0 radical (unpaired) electrons. The van der Waals surface area contributed by atoms with Crippen molar-refractivity contribution in [3.63, 3.8) is 0 Å². The van der Waals surface area contributed by atoms with Crippen LogP contribution in [0.25, 0.3) is 0 Å². The van der Waals surface area contributed by atoms with E-state index in [0.29, 0.717) is 19.3 Å². The van der Waals surface area contributed by atoms with E-state index in [0.717, 1.165) is 50.9 Å². The number of carbonyl (C=O) groups is 4. The van der Waals surface area contributed by atoms with E-state index in [1.807, 2.05) is 0 Å². The Morgan fingerprint density at radius 2 is 1.11 bits per heavy atom. The molecule has 0 bridgehead atoms. The minimum atomic E-state index is -2.62. The highest BCUT2D eigenvalue weighted by atomic mass is 16.6. The van der Waals surface area contributed by atoms with Crippen LogP contribution in [0.15, 0.2) is 0 Å². The summed E-state index contributed by atoms with van der Waals surface area (Å²) in [6.07, 6.45) is 16.1. The average Bonchev–Trinajstić information content (AvgIpc) is 2.82. The van der Waals surface area contributed by atoms with Crippen LogP contribution in [-0.2, 0) is 23.9 Å². The fraction of sp³-hybridized carbons (Fsp3) is 0.867. The van der Waals surface area contributed by atoms with Gasteiger partial charge in [-0.3, -0.25) is 14.4 Å². The Balaban J connectivity index is 4.66. The molecular formula is C30H54O8. The van der Waals surface area contributed by atoms with E-state index < -0.39 is 41.8 Å². The maximum atomic E-state index is 12.4. The van der Waals surface area contributed by atoms with Gasteiger partial charge in [0.25, 0.3) is 0 Å². The molecule has 0 rings (SSSR count). The first-order valence-corrected chi connectivity index (χ1v) is 15.0. The monoisotopic (exact) mass is 542 g/mol. The zero-order chi connectivity index (χ0) is 28.8. The van der Waals surface area contributed by atoms with E-state index in [2.05, 4.69) is 20.8 Å². The second-order valence-corrected chi connectivity index (χ2v) is 11.2. The van der Waals surface area contributed by atoms with Gasteiger partial charge in [-0.05, 0) is 18.8 Å². The highest BCUT2D eigenvalue weighted by Gasteiger charge is 2.54. The zero-order valence-corrected chi connectivity index (χ0v) is 24.2. The van der Waals surface area contributed by atoms with Gasteiger partial charge in [-0.1, -0.05) is 124 Å².